The molecular weight excluding hydrogens is 352 g/mol. The van der Waals surface area contributed by atoms with Crippen LogP contribution >= 0.6 is 11.3 Å². The van der Waals surface area contributed by atoms with Crippen molar-refractivity contribution >= 4 is 43.1 Å². The van der Waals surface area contributed by atoms with Crippen LogP contribution < -0.4 is 10.7 Å². The molecule has 7 heteroatoms. The standard InChI is InChI=1S/C19H18N2O4S/c1-3-4-7-20-19(23)14-9-12(21(24)25)10-16-17(14)18(22)13-8-11(2)5-6-15(13)26-16/h5-6,8-10H,3-4,7H2,1-2H3,(H,20,23). The summed E-state index contributed by atoms with van der Waals surface area (Å²) in [6, 6.07) is 8.06. The summed E-state index contributed by atoms with van der Waals surface area (Å²) in [5.74, 6) is -0.455. The number of unbranched alkanes of at least 4 members (excludes halogenated alkanes) is 1. The van der Waals surface area contributed by atoms with Gasteiger partial charge in [-0.15, -0.1) is 11.3 Å². The second kappa shape index (κ2) is 7.21. The first-order valence-corrected chi connectivity index (χ1v) is 9.18. The van der Waals surface area contributed by atoms with E-state index >= 15 is 0 Å². The fourth-order valence-electron chi connectivity index (χ4n) is 2.84. The van der Waals surface area contributed by atoms with Crippen LogP contribution in [0.5, 0.6) is 0 Å². The van der Waals surface area contributed by atoms with Gasteiger partial charge in [-0.1, -0.05) is 25.0 Å². The van der Waals surface area contributed by atoms with Gasteiger partial charge in [0.2, 0.25) is 0 Å². The number of hydrogen-bond acceptors (Lipinski definition) is 5. The summed E-state index contributed by atoms with van der Waals surface area (Å²) >= 11 is 1.28. The summed E-state index contributed by atoms with van der Waals surface area (Å²) in [6.45, 7) is 4.35. The molecule has 3 rings (SSSR count). The molecular formula is C19H18N2O4S. The van der Waals surface area contributed by atoms with E-state index in [0.29, 0.717) is 16.6 Å². The minimum Gasteiger partial charge on any atom is -0.352 e. The van der Waals surface area contributed by atoms with E-state index in [1.54, 1.807) is 6.07 Å². The molecule has 0 aliphatic heterocycles. The number of benzene rings is 2. The Morgan fingerprint density at radius 3 is 2.69 bits per heavy atom. The summed E-state index contributed by atoms with van der Waals surface area (Å²) in [5, 5.41) is 14.8. The normalized spacial score (nSPS) is 11.0. The molecule has 2 aromatic carbocycles. The van der Waals surface area contributed by atoms with Crippen LogP contribution in [0.3, 0.4) is 0 Å². The minimum absolute atomic E-state index is 0.0648. The summed E-state index contributed by atoms with van der Waals surface area (Å²) < 4.78 is 1.19. The van der Waals surface area contributed by atoms with E-state index in [1.165, 1.54) is 23.5 Å². The van der Waals surface area contributed by atoms with Crippen molar-refractivity contribution in [2.45, 2.75) is 26.7 Å². The highest BCUT2D eigenvalue weighted by Gasteiger charge is 2.20. The quantitative estimate of drug-likeness (QED) is 0.316. The molecule has 134 valence electrons. The van der Waals surface area contributed by atoms with Gasteiger partial charge < -0.3 is 5.32 Å². The van der Waals surface area contributed by atoms with Gasteiger partial charge in [-0.2, -0.15) is 0 Å². The van der Waals surface area contributed by atoms with Crippen molar-refractivity contribution in [1.29, 1.82) is 0 Å². The molecule has 26 heavy (non-hydrogen) atoms. The van der Waals surface area contributed by atoms with Crippen molar-refractivity contribution in [3.05, 3.63) is 61.8 Å². The Bertz CT molecular complexity index is 1090. The van der Waals surface area contributed by atoms with Crippen molar-refractivity contribution in [3.8, 4) is 0 Å². The van der Waals surface area contributed by atoms with E-state index in [0.717, 1.165) is 23.1 Å². The van der Waals surface area contributed by atoms with Gasteiger partial charge in [0.25, 0.3) is 11.6 Å². The van der Waals surface area contributed by atoms with E-state index < -0.39 is 10.8 Å². The maximum Gasteiger partial charge on any atom is 0.271 e. The van der Waals surface area contributed by atoms with Crippen molar-refractivity contribution in [3.63, 3.8) is 0 Å². The molecule has 3 aromatic rings. The number of nitro benzene ring substituents is 1. The minimum atomic E-state index is -0.543. The molecule has 0 radical (unpaired) electrons. The highest BCUT2D eigenvalue weighted by atomic mass is 32.1. The molecule has 1 amide bonds. The lowest BCUT2D eigenvalue weighted by atomic mass is 10.1. The number of nitro groups is 1. The Hall–Kier alpha value is -2.80. The topological polar surface area (TPSA) is 89.3 Å². The van der Waals surface area contributed by atoms with E-state index in [4.69, 9.17) is 0 Å². The second-order valence-corrected chi connectivity index (χ2v) is 7.25. The van der Waals surface area contributed by atoms with Crippen molar-refractivity contribution < 1.29 is 9.72 Å². The third-order valence-electron chi connectivity index (χ3n) is 4.18. The Morgan fingerprint density at radius 2 is 2.00 bits per heavy atom. The van der Waals surface area contributed by atoms with Crippen LogP contribution in [0.25, 0.3) is 20.2 Å². The molecule has 0 atom stereocenters. The maximum absolute atomic E-state index is 13.0. The predicted octanol–water partition coefficient (Wildman–Crippen LogP) is 4.16. The Labute approximate surface area is 153 Å². The largest absolute Gasteiger partial charge is 0.352 e. The number of nitrogens with one attached hydrogen (secondary N) is 1. The molecule has 1 heterocycles. The first-order valence-electron chi connectivity index (χ1n) is 8.36. The SMILES string of the molecule is CCCCNC(=O)c1cc([N+](=O)[O-])cc2sc3ccc(C)cc3c(=O)c12. The number of nitrogens with zero attached hydrogens (tertiary/aromatic N) is 1. The molecule has 0 bridgehead atoms. The molecule has 1 aromatic heterocycles. The molecule has 6 nitrogen and oxygen atoms in total. The van der Waals surface area contributed by atoms with Gasteiger partial charge in [-0.3, -0.25) is 19.7 Å². The fraction of sp³-hybridized carbons (Fsp3) is 0.263. The third kappa shape index (κ3) is 3.30. The van der Waals surface area contributed by atoms with E-state index in [9.17, 15) is 19.7 Å². The first kappa shape index (κ1) is 18.0. The van der Waals surface area contributed by atoms with Gasteiger partial charge in [0.15, 0.2) is 5.43 Å². The number of carbonyl (C=O) groups excluding carboxylic acids is 1. The van der Waals surface area contributed by atoms with Crippen LogP contribution in [0.15, 0.2) is 35.1 Å². The zero-order chi connectivity index (χ0) is 18.8. The second-order valence-electron chi connectivity index (χ2n) is 6.16. The van der Waals surface area contributed by atoms with Gasteiger partial charge in [0.1, 0.15) is 0 Å². The molecule has 0 aliphatic carbocycles. The summed E-state index contributed by atoms with van der Waals surface area (Å²) in [4.78, 5) is 36.4. The average molecular weight is 370 g/mol. The number of non-ortho nitro benzene ring substituents is 1. The van der Waals surface area contributed by atoms with E-state index in [1.807, 2.05) is 26.0 Å². The fourth-order valence-corrected chi connectivity index (χ4v) is 3.96. The van der Waals surface area contributed by atoms with Crippen molar-refractivity contribution in [2.75, 3.05) is 6.54 Å². The van der Waals surface area contributed by atoms with E-state index in [-0.39, 0.29) is 22.1 Å². The first-order chi connectivity index (χ1) is 12.4. The van der Waals surface area contributed by atoms with Crippen LogP contribution in [0.4, 0.5) is 5.69 Å². The van der Waals surface area contributed by atoms with Crippen LogP contribution in [0, 0.1) is 17.0 Å². The average Bonchev–Trinajstić information content (AvgIpc) is 2.61. The molecule has 0 spiro atoms. The number of amides is 1. The van der Waals surface area contributed by atoms with Crippen LogP contribution in [0.1, 0.15) is 35.7 Å². The predicted molar refractivity (Wildman–Crippen MR) is 104 cm³/mol. The number of carbonyl (C=O) groups is 1. The summed E-state index contributed by atoms with van der Waals surface area (Å²) in [5.41, 5.74) is 0.542. The van der Waals surface area contributed by atoms with Gasteiger partial charge in [0, 0.05) is 33.5 Å². The Balaban J connectivity index is 2.30. The van der Waals surface area contributed by atoms with Crippen LogP contribution in [0.2, 0.25) is 0 Å². The highest BCUT2D eigenvalue weighted by Crippen LogP contribution is 2.31. The molecule has 0 saturated heterocycles. The Kier molecular flexibility index (Phi) is 4.99. The van der Waals surface area contributed by atoms with Crippen molar-refractivity contribution in [1.82, 2.24) is 5.32 Å². The van der Waals surface area contributed by atoms with Crippen molar-refractivity contribution in [2.24, 2.45) is 0 Å². The number of aryl methyl sites for hydroxylation is 1. The zero-order valence-electron chi connectivity index (χ0n) is 14.5. The third-order valence-corrected chi connectivity index (χ3v) is 5.30. The van der Waals surface area contributed by atoms with Gasteiger partial charge >= 0.3 is 0 Å². The molecule has 1 N–H and O–H groups in total. The molecule has 0 fully saturated rings. The Morgan fingerprint density at radius 1 is 1.23 bits per heavy atom. The maximum atomic E-state index is 13.0. The summed E-state index contributed by atoms with van der Waals surface area (Å²) in [7, 11) is 0. The molecule has 0 aliphatic rings. The lowest BCUT2D eigenvalue weighted by molar-refractivity contribution is -0.384. The van der Waals surface area contributed by atoms with Gasteiger partial charge in [0.05, 0.1) is 15.9 Å². The number of fused-ring (bicyclic) bond motifs is 2. The molecule has 0 saturated carbocycles. The zero-order valence-corrected chi connectivity index (χ0v) is 15.3. The highest BCUT2D eigenvalue weighted by molar-refractivity contribution is 7.24. The molecule has 0 unspecified atom stereocenters. The lowest BCUT2D eigenvalue weighted by Gasteiger charge is -2.09. The lowest BCUT2D eigenvalue weighted by Crippen LogP contribution is -2.25. The van der Waals surface area contributed by atoms with Gasteiger partial charge in [-0.25, -0.2) is 0 Å². The van der Waals surface area contributed by atoms with Gasteiger partial charge in [-0.05, 0) is 25.5 Å². The smallest absolute Gasteiger partial charge is 0.271 e. The number of hydrogen-bond donors (Lipinski definition) is 1. The summed E-state index contributed by atoms with van der Waals surface area (Å²) in [6.07, 6.45) is 1.71. The van der Waals surface area contributed by atoms with Crippen LogP contribution in [-0.2, 0) is 0 Å². The van der Waals surface area contributed by atoms with Crippen LogP contribution in [-0.4, -0.2) is 17.4 Å². The van der Waals surface area contributed by atoms with E-state index in [2.05, 4.69) is 5.32 Å². The number of rotatable bonds is 5. The monoisotopic (exact) mass is 370 g/mol.